The van der Waals surface area contributed by atoms with Gasteiger partial charge in [0, 0.05) is 0 Å². The van der Waals surface area contributed by atoms with Gasteiger partial charge < -0.3 is 15.2 Å². The number of rotatable bonds is 5. The first-order chi connectivity index (χ1) is 7.17. The van der Waals surface area contributed by atoms with Gasteiger partial charge in [0.2, 0.25) is 6.67 Å². The average Bonchev–Trinajstić information content (AvgIpc) is 2.77. The monoisotopic (exact) mass is 213 g/mol. The van der Waals surface area contributed by atoms with Crippen molar-refractivity contribution in [3.63, 3.8) is 0 Å². The molecule has 1 aliphatic heterocycles. The summed E-state index contributed by atoms with van der Waals surface area (Å²) < 4.78 is 2.25. The highest BCUT2D eigenvalue weighted by Gasteiger charge is 2.43. The number of quaternary nitrogens is 1. The van der Waals surface area contributed by atoms with Crippen LogP contribution in [-0.2, 0) is 6.67 Å². The van der Waals surface area contributed by atoms with Gasteiger partial charge in [-0.1, -0.05) is 4.98 Å². The summed E-state index contributed by atoms with van der Waals surface area (Å²) in [7, 11) is 0. The molecule has 82 valence electrons. The van der Waals surface area contributed by atoms with Crippen LogP contribution in [0.25, 0.3) is 0 Å². The minimum absolute atomic E-state index is 0.114. The van der Waals surface area contributed by atoms with Gasteiger partial charge in [0.1, 0.15) is 32.0 Å². The van der Waals surface area contributed by atoms with Gasteiger partial charge >= 0.3 is 5.95 Å². The van der Waals surface area contributed by atoms with E-state index in [2.05, 4.69) is 4.98 Å². The molecule has 15 heavy (non-hydrogen) atoms. The third-order valence-corrected chi connectivity index (χ3v) is 2.74. The van der Waals surface area contributed by atoms with Crippen molar-refractivity contribution < 1.29 is 14.5 Å². The Balaban J connectivity index is 2.10. The second kappa shape index (κ2) is 3.59. The van der Waals surface area contributed by atoms with Crippen LogP contribution in [0.4, 0.5) is 5.95 Å². The van der Waals surface area contributed by atoms with Crippen LogP contribution in [0.3, 0.4) is 0 Å². The largest absolute Gasteiger partial charge is 0.439 e. The van der Waals surface area contributed by atoms with E-state index >= 15 is 0 Å². The average molecular weight is 213 g/mol. The van der Waals surface area contributed by atoms with Gasteiger partial charge in [0.25, 0.3) is 0 Å². The molecule has 2 heterocycles. The summed E-state index contributed by atoms with van der Waals surface area (Å²) in [5.41, 5.74) is 0. The van der Waals surface area contributed by atoms with E-state index in [-0.39, 0.29) is 12.6 Å². The molecule has 0 spiro atoms. The van der Waals surface area contributed by atoms with Crippen LogP contribution in [0.2, 0.25) is 0 Å². The van der Waals surface area contributed by atoms with E-state index in [4.69, 9.17) is 5.11 Å². The van der Waals surface area contributed by atoms with Crippen molar-refractivity contribution in [1.29, 1.82) is 0 Å². The highest BCUT2D eigenvalue weighted by atomic mass is 16.6. The Bertz CT molecular complexity index is 372. The van der Waals surface area contributed by atoms with Crippen LogP contribution in [-0.4, -0.2) is 50.3 Å². The van der Waals surface area contributed by atoms with Crippen LogP contribution in [0, 0.1) is 10.1 Å². The fourth-order valence-corrected chi connectivity index (χ4v) is 1.70. The van der Waals surface area contributed by atoms with Crippen molar-refractivity contribution in [2.75, 3.05) is 26.2 Å². The lowest BCUT2D eigenvalue weighted by molar-refractivity contribution is -0.825. The summed E-state index contributed by atoms with van der Waals surface area (Å²) in [5, 5.41) is 19.5. The van der Waals surface area contributed by atoms with Crippen LogP contribution in [0.5, 0.6) is 0 Å². The van der Waals surface area contributed by atoms with E-state index in [1.165, 1.54) is 10.8 Å². The Labute approximate surface area is 86.3 Å². The Morgan fingerprint density at radius 3 is 2.93 bits per heavy atom. The lowest BCUT2D eigenvalue weighted by Gasteiger charge is -2.15. The molecule has 0 atom stereocenters. The molecule has 7 heteroatoms. The molecule has 2 rings (SSSR count). The third-order valence-electron chi connectivity index (χ3n) is 2.74. The molecule has 1 aliphatic rings. The van der Waals surface area contributed by atoms with Crippen molar-refractivity contribution in [3.05, 3.63) is 22.5 Å². The number of aliphatic hydroxyl groups excluding tert-OH is 1. The predicted molar refractivity (Wildman–Crippen MR) is 50.8 cm³/mol. The molecule has 1 aromatic heterocycles. The van der Waals surface area contributed by atoms with Crippen molar-refractivity contribution in [2.45, 2.75) is 6.67 Å². The lowest BCUT2D eigenvalue weighted by atomic mass is 10.6. The van der Waals surface area contributed by atoms with Crippen LogP contribution >= 0.6 is 0 Å². The molecule has 0 saturated carbocycles. The van der Waals surface area contributed by atoms with Gasteiger partial charge in [-0.25, -0.2) is 0 Å². The third kappa shape index (κ3) is 1.97. The van der Waals surface area contributed by atoms with Crippen LogP contribution < -0.4 is 0 Å². The van der Waals surface area contributed by atoms with E-state index in [1.54, 1.807) is 6.20 Å². The molecule has 1 N–H and O–H groups in total. The quantitative estimate of drug-likeness (QED) is 0.311. The number of aliphatic hydroxyl groups is 1. The van der Waals surface area contributed by atoms with Gasteiger partial charge in [-0.15, -0.1) is 0 Å². The number of nitro groups is 1. The van der Waals surface area contributed by atoms with Gasteiger partial charge in [0.15, 0.2) is 0 Å². The Kier molecular flexibility index (Phi) is 2.41. The van der Waals surface area contributed by atoms with Crippen LogP contribution in [0.15, 0.2) is 12.4 Å². The normalized spacial score (nSPS) is 17.7. The maximum absolute atomic E-state index is 10.6. The zero-order valence-electron chi connectivity index (χ0n) is 8.24. The summed E-state index contributed by atoms with van der Waals surface area (Å²) in [5.74, 6) is -0.127. The topological polar surface area (TPSA) is 81.2 Å². The lowest BCUT2D eigenvalue weighted by Crippen LogP contribution is -2.31. The number of nitrogens with zero attached hydrogens (tertiary/aromatic N) is 4. The van der Waals surface area contributed by atoms with Crippen molar-refractivity contribution in [2.24, 2.45) is 0 Å². The fourth-order valence-electron chi connectivity index (χ4n) is 1.70. The summed E-state index contributed by atoms with van der Waals surface area (Å²) in [6.07, 6.45) is 3.03. The Hall–Kier alpha value is -1.47. The molecule has 0 amide bonds. The predicted octanol–water partition coefficient (Wildman–Crippen LogP) is -0.429. The zero-order chi connectivity index (χ0) is 10.9. The SMILES string of the molecule is O=[N+]([O-])c1nccn1C[N+]1(CCO)CC1. The van der Waals surface area contributed by atoms with E-state index in [1.807, 2.05) is 0 Å². The second-order valence-electron chi connectivity index (χ2n) is 3.83. The fraction of sp³-hybridized carbons (Fsp3) is 0.625. The number of imidazole rings is 1. The molecule has 0 radical (unpaired) electrons. The molecule has 1 fully saturated rings. The molecular weight excluding hydrogens is 200 g/mol. The zero-order valence-corrected chi connectivity index (χ0v) is 8.24. The first-order valence-electron chi connectivity index (χ1n) is 4.78. The van der Waals surface area contributed by atoms with Gasteiger partial charge in [-0.2, -0.15) is 4.57 Å². The van der Waals surface area contributed by atoms with Crippen molar-refractivity contribution in [3.8, 4) is 0 Å². The summed E-state index contributed by atoms with van der Waals surface area (Å²) in [6.45, 7) is 3.22. The van der Waals surface area contributed by atoms with Gasteiger partial charge in [0.05, 0.1) is 6.61 Å². The number of hydrogen-bond donors (Lipinski definition) is 1. The summed E-state index contributed by atoms with van der Waals surface area (Å²) in [6, 6.07) is 0. The summed E-state index contributed by atoms with van der Waals surface area (Å²) >= 11 is 0. The molecule has 0 unspecified atom stereocenters. The highest BCUT2D eigenvalue weighted by Crippen LogP contribution is 2.23. The molecular formula is C8H13N4O3+. The smallest absolute Gasteiger partial charge is 0.391 e. The van der Waals surface area contributed by atoms with Gasteiger partial charge in [-0.3, -0.25) is 4.48 Å². The van der Waals surface area contributed by atoms with E-state index in [0.29, 0.717) is 17.7 Å². The number of aromatic nitrogens is 2. The molecule has 0 aliphatic carbocycles. The first kappa shape index (κ1) is 10.1. The highest BCUT2D eigenvalue weighted by molar-refractivity contribution is 5.05. The maximum atomic E-state index is 10.6. The number of hydrogen-bond acceptors (Lipinski definition) is 4. The summed E-state index contributed by atoms with van der Waals surface area (Å²) in [4.78, 5) is 13.8. The first-order valence-corrected chi connectivity index (χ1v) is 4.78. The second-order valence-corrected chi connectivity index (χ2v) is 3.83. The maximum Gasteiger partial charge on any atom is 0.439 e. The molecule has 1 aromatic rings. The van der Waals surface area contributed by atoms with Gasteiger partial charge in [-0.05, 0) is 4.92 Å². The van der Waals surface area contributed by atoms with E-state index < -0.39 is 4.92 Å². The van der Waals surface area contributed by atoms with Crippen molar-refractivity contribution >= 4 is 5.95 Å². The molecule has 7 nitrogen and oxygen atoms in total. The van der Waals surface area contributed by atoms with E-state index in [0.717, 1.165) is 13.1 Å². The molecule has 0 bridgehead atoms. The Morgan fingerprint density at radius 2 is 2.40 bits per heavy atom. The molecule has 1 saturated heterocycles. The van der Waals surface area contributed by atoms with Crippen LogP contribution in [0.1, 0.15) is 0 Å². The van der Waals surface area contributed by atoms with E-state index in [9.17, 15) is 10.1 Å². The molecule has 0 aromatic carbocycles. The minimum atomic E-state index is -0.487. The van der Waals surface area contributed by atoms with Crippen molar-refractivity contribution in [1.82, 2.24) is 9.55 Å². The Morgan fingerprint density at radius 1 is 1.67 bits per heavy atom. The minimum Gasteiger partial charge on any atom is -0.391 e. The standard InChI is InChI=1S/C8H13N4O3/c13-6-5-12(3-4-12)7-10-2-1-9-8(10)11(14)15/h1-2,13H,3-7H2/q+1.